The number of hydrogen-bond donors (Lipinski definition) is 0. The zero-order valence-corrected chi connectivity index (χ0v) is 27.4. The van der Waals surface area contributed by atoms with E-state index in [4.69, 9.17) is 14.2 Å². The topological polar surface area (TPSA) is 68.3 Å². The molecule has 7 nitrogen and oxygen atoms in total. The molecule has 1 amide bonds. The SMILES string of the molecule is CCOC(=O)CN(Cc1cccc(OCc2ccccc2)c1)C(=O)c1cccc(OCCN(Cc2ccccc2)Cc2ccccc2)c1. The van der Waals surface area contributed by atoms with Crippen LogP contribution in [0.25, 0.3) is 0 Å². The van der Waals surface area contributed by atoms with Crippen molar-refractivity contribution in [2.24, 2.45) is 0 Å². The van der Waals surface area contributed by atoms with Crippen LogP contribution < -0.4 is 9.47 Å². The van der Waals surface area contributed by atoms with Crippen molar-refractivity contribution >= 4 is 11.9 Å². The van der Waals surface area contributed by atoms with Crippen LogP contribution in [0, 0.1) is 0 Å². The van der Waals surface area contributed by atoms with E-state index in [2.05, 4.69) is 53.4 Å². The minimum Gasteiger partial charge on any atom is -0.492 e. The summed E-state index contributed by atoms with van der Waals surface area (Å²) in [5, 5.41) is 0. The first-order chi connectivity index (χ1) is 23.6. The maximum absolute atomic E-state index is 13.8. The molecule has 5 aromatic rings. The first kappa shape index (κ1) is 33.9. The molecule has 0 bridgehead atoms. The Hall–Kier alpha value is -5.40. The van der Waals surface area contributed by atoms with Gasteiger partial charge >= 0.3 is 5.97 Å². The third kappa shape index (κ3) is 10.9. The van der Waals surface area contributed by atoms with E-state index in [1.54, 1.807) is 25.1 Å². The summed E-state index contributed by atoms with van der Waals surface area (Å²) >= 11 is 0. The second-order valence-corrected chi connectivity index (χ2v) is 11.4. The number of esters is 1. The molecule has 0 spiro atoms. The Labute approximate surface area is 283 Å². The molecule has 0 aliphatic heterocycles. The molecule has 5 rings (SSSR count). The molecule has 0 saturated carbocycles. The molecule has 0 radical (unpaired) electrons. The number of nitrogens with zero attached hydrogens (tertiary/aromatic N) is 2. The average molecular weight is 643 g/mol. The van der Waals surface area contributed by atoms with Crippen molar-refractivity contribution in [2.45, 2.75) is 33.2 Å². The summed E-state index contributed by atoms with van der Waals surface area (Å²) in [6, 6.07) is 45.4. The van der Waals surface area contributed by atoms with Gasteiger partial charge in [-0.05, 0) is 59.5 Å². The number of amides is 1. The van der Waals surface area contributed by atoms with Crippen molar-refractivity contribution < 1.29 is 23.8 Å². The Bertz CT molecular complexity index is 1670. The molecule has 0 heterocycles. The lowest BCUT2D eigenvalue weighted by atomic mass is 10.1. The van der Waals surface area contributed by atoms with Crippen LogP contribution >= 0.6 is 0 Å². The Morgan fingerprint density at radius 3 is 1.77 bits per heavy atom. The van der Waals surface area contributed by atoms with Crippen LogP contribution in [0.4, 0.5) is 0 Å². The van der Waals surface area contributed by atoms with Gasteiger partial charge in [-0.2, -0.15) is 0 Å². The standard InChI is InChI=1S/C41H42N2O5/c1-2-46-40(44)31-43(30-36-20-12-22-38(26-36)48-32-35-18-10-5-11-19-35)41(45)37-21-13-23-39(27-37)47-25-24-42(28-33-14-6-3-7-15-33)29-34-16-8-4-9-17-34/h3-23,26-27H,2,24-25,28-32H2,1H3. The second-order valence-electron chi connectivity index (χ2n) is 11.4. The van der Waals surface area contributed by atoms with E-state index in [1.165, 1.54) is 16.0 Å². The summed E-state index contributed by atoms with van der Waals surface area (Å²) in [6.45, 7) is 5.16. The monoisotopic (exact) mass is 642 g/mol. The summed E-state index contributed by atoms with van der Waals surface area (Å²) in [7, 11) is 0. The van der Waals surface area contributed by atoms with Gasteiger partial charge in [0, 0.05) is 31.7 Å². The number of carbonyl (C=O) groups is 2. The van der Waals surface area contributed by atoms with E-state index in [9.17, 15) is 9.59 Å². The quantitative estimate of drug-likeness (QED) is 0.0976. The third-order valence-corrected chi connectivity index (χ3v) is 7.69. The largest absolute Gasteiger partial charge is 0.492 e. The molecule has 7 heteroatoms. The minimum atomic E-state index is -0.466. The molecule has 0 aliphatic rings. The van der Waals surface area contributed by atoms with Crippen LogP contribution in [0.15, 0.2) is 140 Å². The van der Waals surface area contributed by atoms with E-state index >= 15 is 0 Å². The maximum atomic E-state index is 13.8. The van der Waals surface area contributed by atoms with Gasteiger partial charge in [-0.1, -0.05) is 109 Å². The lowest BCUT2D eigenvalue weighted by molar-refractivity contribution is -0.143. The molecule has 0 fully saturated rings. The van der Waals surface area contributed by atoms with Gasteiger partial charge in [0.2, 0.25) is 0 Å². The van der Waals surface area contributed by atoms with E-state index in [0.717, 1.165) is 24.2 Å². The molecule has 0 aromatic heterocycles. The van der Waals surface area contributed by atoms with Crippen LogP contribution in [0.5, 0.6) is 11.5 Å². The van der Waals surface area contributed by atoms with Crippen molar-refractivity contribution in [3.05, 3.63) is 167 Å². The molecule has 0 unspecified atom stereocenters. The van der Waals surface area contributed by atoms with Gasteiger partial charge in [-0.15, -0.1) is 0 Å². The predicted molar refractivity (Wildman–Crippen MR) is 188 cm³/mol. The number of rotatable bonds is 17. The van der Waals surface area contributed by atoms with Gasteiger partial charge in [0.15, 0.2) is 0 Å². The van der Waals surface area contributed by atoms with Gasteiger partial charge in [0.25, 0.3) is 5.91 Å². The molecule has 0 saturated heterocycles. The van der Waals surface area contributed by atoms with Crippen molar-refractivity contribution in [3.8, 4) is 11.5 Å². The fourth-order valence-corrected chi connectivity index (χ4v) is 5.35. The predicted octanol–water partition coefficient (Wildman–Crippen LogP) is 7.55. The van der Waals surface area contributed by atoms with Crippen LogP contribution in [0.1, 0.15) is 39.5 Å². The average Bonchev–Trinajstić information content (AvgIpc) is 3.12. The van der Waals surface area contributed by atoms with Crippen molar-refractivity contribution in [1.82, 2.24) is 9.80 Å². The molecule has 48 heavy (non-hydrogen) atoms. The Morgan fingerprint density at radius 1 is 0.583 bits per heavy atom. The molecule has 246 valence electrons. The van der Waals surface area contributed by atoms with Gasteiger partial charge in [0.05, 0.1) is 6.61 Å². The normalized spacial score (nSPS) is 10.8. The summed E-state index contributed by atoms with van der Waals surface area (Å²) in [5.74, 6) is 0.516. The zero-order chi connectivity index (χ0) is 33.4. The highest BCUT2D eigenvalue weighted by atomic mass is 16.5. The van der Waals surface area contributed by atoms with E-state index in [-0.39, 0.29) is 25.6 Å². The molecule has 0 aliphatic carbocycles. The highest BCUT2D eigenvalue weighted by Crippen LogP contribution is 2.20. The number of benzene rings is 5. The fourth-order valence-electron chi connectivity index (χ4n) is 5.35. The number of hydrogen-bond acceptors (Lipinski definition) is 6. The fraction of sp³-hybridized carbons (Fsp3) is 0.220. The van der Waals surface area contributed by atoms with Gasteiger partial charge in [-0.25, -0.2) is 0 Å². The third-order valence-electron chi connectivity index (χ3n) is 7.69. The minimum absolute atomic E-state index is 0.180. The van der Waals surface area contributed by atoms with Gasteiger partial charge in [0.1, 0.15) is 31.3 Å². The Morgan fingerprint density at radius 2 is 1.15 bits per heavy atom. The maximum Gasteiger partial charge on any atom is 0.325 e. The lowest BCUT2D eigenvalue weighted by Crippen LogP contribution is -2.36. The van der Waals surface area contributed by atoms with Crippen molar-refractivity contribution in [1.29, 1.82) is 0 Å². The highest BCUT2D eigenvalue weighted by Gasteiger charge is 2.21. The van der Waals surface area contributed by atoms with Crippen LogP contribution in [0.2, 0.25) is 0 Å². The van der Waals surface area contributed by atoms with E-state index < -0.39 is 5.97 Å². The summed E-state index contributed by atoms with van der Waals surface area (Å²) in [6.07, 6.45) is 0. The molecule has 0 N–H and O–H groups in total. The molecule has 0 atom stereocenters. The van der Waals surface area contributed by atoms with Crippen molar-refractivity contribution in [2.75, 3.05) is 26.3 Å². The number of ether oxygens (including phenoxy) is 3. The van der Waals surface area contributed by atoms with Gasteiger partial charge < -0.3 is 19.1 Å². The second kappa shape index (κ2) is 18.1. The van der Waals surface area contributed by atoms with Crippen LogP contribution in [0.3, 0.4) is 0 Å². The first-order valence-corrected chi connectivity index (χ1v) is 16.3. The Balaban J connectivity index is 1.24. The molecular formula is C41H42N2O5. The van der Waals surface area contributed by atoms with E-state index in [1.807, 2.05) is 72.8 Å². The first-order valence-electron chi connectivity index (χ1n) is 16.3. The highest BCUT2D eigenvalue weighted by molar-refractivity contribution is 5.96. The summed E-state index contributed by atoms with van der Waals surface area (Å²) in [5.41, 5.74) is 4.79. The zero-order valence-electron chi connectivity index (χ0n) is 27.4. The Kier molecular flexibility index (Phi) is 12.8. The summed E-state index contributed by atoms with van der Waals surface area (Å²) in [4.78, 5) is 30.3. The van der Waals surface area contributed by atoms with E-state index in [0.29, 0.717) is 36.8 Å². The summed E-state index contributed by atoms with van der Waals surface area (Å²) < 4.78 is 17.4. The molecule has 5 aromatic carbocycles. The van der Waals surface area contributed by atoms with Crippen LogP contribution in [-0.2, 0) is 35.8 Å². The molecular weight excluding hydrogens is 600 g/mol. The lowest BCUT2D eigenvalue weighted by Gasteiger charge is -2.23. The van der Waals surface area contributed by atoms with Crippen molar-refractivity contribution in [3.63, 3.8) is 0 Å². The smallest absolute Gasteiger partial charge is 0.325 e. The van der Waals surface area contributed by atoms with Crippen LogP contribution in [-0.4, -0.2) is 48.0 Å². The van der Waals surface area contributed by atoms with Gasteiger partial charge in [-0.3, -0.25) is 14.5 Å². The number of carbonyl (C=O) groups excluding carboxylic acids is 2.